The van der Waals surface area contributed by atoms with Gasteiger partial charge >= 0.3 is 0 Å². The lowest BCUT2D eigenvalue weighted by Crippen LogP contribution is -2.31. The van der Waals surface area contributed by atoms with E-state index in [0.29, 0.717) is 11.3 Å². The number of hydrogen-bond acceptors (Lipinski definition) is 5. The van der Waals surface area contributed by atoms with E-state index in [9.17, 15) is 18.0 Å². The van der Waals surface area contributed by atoms with Crippen LogP contribution in [0.5, 0.6) is 0 Å². The average molecular weight is 444 g/mol. The summed E-state index contributed by atoms with van der Waals surface area (Å²) in [5, 5.41) is 2.77. The number of hydrogen-bond donors (Lipinski definition) is 2. The summed E-state index contributed by atoms with van der Waals surface area (Å²) < 4.78 is 33.6. The first-order valence-electron chi connectivity index (χ1n) is 9.82. The van der Waals surface area contributed by atoms with Gasteiger partial charge in [-0.1, -0.05) is 30.3 Å². The molecule has 2 N–H and O–H groups in total. The zero-order chi connectivity index (χ0) is 22.4. The van der Waals surface area contributed by atoms with Gasteiger partial charge in [-0.25, -0.2) is 13.1 Å². The van der Waals surface area contributed by atoms with E-state index in [1.165, 1.54) is 10.6 Å². The van der Waals surface area contributed by atoms with Gasteiger partial charge in [-0.15, -0.1) is 0 Å². The Morgan fingerprint density at radius 2 is 1.74 bits per heavy atom. The molecule has 0 saturated carbocycles. The van der Waals surface area contributed by atoms with Crippen molar-refractivity contribution in [2.24, 2.45) is 0 Å². The Hall–Kier alpha value is -3.17. The van der Waals surface area contributed by atoms with E-state index in [2.05, 4.69) is 10.0 Å². The highest BCUT2D eigenvalue weighted by Gasteiger charge is 2.14. The Morgan fingerprint density at radius 3 is 2.42 bits per heavy atom. The summed E-state index contributed by atoms with van der Waals surface area (Å²) in [6, 6.07) is 14.9. The van der Waals surface area contributed by atoms with Crippen molar-refractivity contribution >= 4 is 15.9 Å². The van der Waals surface area contributed by atoms with Gasteiger partial charge in [0.2, 0.25) is 10.0 Å². The van der Waals surface area contributed by atoms with Gasteiger partial charge in [-0.3, -0.25) is 9.59 Å². The molecule has 1 amide bonds. The maximum Gasteiger partial charge on any atom is 0.287 e. The van der Waals surface area contributed by atoms with E-state index in [1.54, 1.807) is 68.6 Å². The number of carbonyl (C=O) groups is 1. The first-order valence-corrected chi connectivity index (χ1v) is 11.5. The number of furan rings is 1. The minimum Gasteiger partial charge on any atom is -0.454 e. The number of sulfonamides is 1. The zero-order valence-electron chi connectivity index (χ0n) is 17.4. The highest BCUT2D eigenvalue weighted by Crippen LogP contribution is 2.11. The smallest absolute Gasteiger partial charge is 0.287 e. The fraction of sp³-hybridized carbons (Fsp3) is 0.273. The van der Waals surface area contributed by atoms with Crippen LogP contribution in [-0.4, -0.2) is 24.9 Å². The van der Waals surface area contributed by atoms with Gasteiger partial charge in [0, 0.05) is 24.8 Å². The molecular formula is C22H25N3O5S. The highest BCUT2D eigenvalue weighted by molar-refractivity contribution is 7.88. The summed E-state index contributed by atoms with van der Waals surface area (Å²) in [4.78, 5) is 24.1. The average Bonchev–Trinajstić information content (AvgIpc) is 3.16. The molecule has 2 aromatic heterocycles. The van der Waals surface area contributed by atoms with Crippen molar-refractivity contribution in [3.05, 3.63) is 93.8 Å². The summed E-state index contributed by atoms with van der Waals surface area (Å²) in [6.45, 7) is 4.05. The fourth-order valence-electron chi connectivity index (χ4n) is 2.99. The molecule has 0 fully saturated rings. The lowest BCUT2D eigenvalue weighted by molar-refractivity contribution is 0.0921. The number of nitrogens with zero attached hydrogens (tertiary/aromatic N) is 1. The minimum absolute atomic E-state index is 0.0997. The third kappa shape index (κ3) is 6.66. The van der Waals surface area contributed by atoms with Crippen LogP contribution in [0.2, 0.25) is 0 Å². The maximum absolute atomic E-state index is 12.3. The van der Waals surface area contributed by atoms with Crippen LogP contribution in [0, 0.1) is 0 Å². The Bertz CT molecular complexity index is 1190. The second-order valence-corrected chi connectivity index (χ2v) is 9.22. The number of amides is 1. The number of benzene rings is 1. The molecule has 0 unspecified atom stereocenters. The lowest BCUT2D eigenvalue weighted by Gasteiger charge is -2.10. The van der Waals surface area contributed by atoms with Crippen LogP contribution in [-0.2, 0) is 28.9 Å². The Balaban J connectivity index is 1.54. The Labute approximate surface area is 181 Å². The van der Waals surface area contributed by atoms with Crippen molar-refractivity contribution in [2.75, 3.05) is 0 Å². The van der Waals surface area contributed by atoms with Gasteiger partial charge in [0.25, 0.3) is 11.5 Å². The van der Waals surface area contributed by atoms with Crippen LogP contribution in [0.3, 0.4) is 0 Å². The first-order chi connectivity index (χ1) is 14.7. The van der Waals surface area contributed by atoms with Crippen molar-refractivity contribution < 1.29 is 17.6 Å². The van der Waals surface area contributed by atoms with Gasteiger partial charge in [-0.05, 0) is 43.2 Å². The Kier molecular flexibility index (Phi) is 7.09. The second kappa shape index (κ2) is 9.76. The van der Waals surface area contributed by atoms with Crippen LogP contribution in [0.4, 0.5) is 0 Å². The number of aromatic nitrogens is 1. The normalized spacial score (nSPS) is 11.6. The van der Waals surface area contributed by atoms with E-state index in [1.807, 2.05) is 0 Å². The van der Waals surface area contributed by atoms with E-state index in [-0.39, 0.29) is 42.1 Å². The lowest BCUT2D eigenvalue weighted by atomic mass is 10.1. The van der Waals surface area contributed by atoms with E-state index in [4.69, 9.17) is 4.42 Å². The molecule has 1 aromatic carbocycles. The molecule has 9 heteroatoms. The molecule has 0 spiro atoms. The zero-order valence-corrected chi connectivity index (χ0v) is 18.2. The van der Waals surface area contributed by atoms with E-state index in [0.717, 1.165) is 5.56 Å². The molecule has 0 radical (unpaired) electrons. The van der Waals surface area contributed by atoms with Crippen molar-refractivity contribution in [3.8, 4) is 0 Å². The second-order valence-electron chi connectivity index (χ2n) is 7.46. The summed E-state index contributed by atoms with van der Waals surface area (Å²) in [7, 11) is -3.39. The molecule has 0 saturated heterocycles. The predicted octanol–water partition coefficient (Wildman–Crippen LogP) is 2.25. The molecule has 31 heavy (non-hydrogen) atoms. The predicted molar refractivity (Wildman–Crippen MR) is 117 cm³/mol. The Morgan fingerprint density at radius 1 is 1.03 bits per heavy atom. The highest BCUT2D eigenvalue weighted by atomic mass is 32.2. The van der Waals surface area contributed by atoms with Gasteiger partial charge in [0.05, 0.1) is 12.3 Å². The largest absolute Gasteiger partial charge is 0.454 e. The summed E-state index contributed by atoms with van der Waals surface area (Å²) in [6.07, 6.45) is 1.65. The van der Waals surface area contributed by atoms with Gasteiger partial charge in [0.15, 0.2) is 5.76 Å². The summed E-state index contributed by atoms with van der Waals surface area (Å²) >= 11 is 0. The topological polar surface area (TPSA) is 110 Å². The fourth-order valence-corrected chi connectivity index (χ4v) is 4.42. The van der Waals surface area contributed by atoms with Crippen molar-refractivity contribution in [1.29, 1.82) is 0 Å². The summed E-state index contributed by atoms with van der Waals surface area (Å²) in [5.74, 6) is 0.178. The molecule has 3 rings (SSSR count). The molecule has 0 aliphatic heterocycles. The maximum atomic E-state index is 12.3. The van der Waals surface area contributed by atoms with Crippen molar-refractivity contribution in [1.82, 2.24) is 14.6 Å². The summed E-state index contributed by atoms with van der Waals surface area (Å²) in [5.41, 5.74) is 1.34. The molecule has 0 aliphatic rings. The molecule has 3 aromatic rings. The van der Waals surface area contributed by atoms with Crippen LogP contribution in [0.25, 0.3) is 0 Å². The first kappa shape index (κ1) is 22.5. The van der Waals surface area contributed by atoms with Crippen LogP contribution < -0.4 is 15.6 Å². The van der Waals surface area contributed by atoms with E-state index < -0.39 is 10.0 Å². The number of carbonyl (C=O) groups excluding carboxylic acids is 1. The minimum atomic E-state index is -3.39. The number of nitrogens with one attached hydrogen (secondary N) is 2. The molecular weight excluding hydrogens is 418 g/mol. The van der Waals surface area contributed by atoms with Crippen LogP contribution >= 0.6 is 0 Å². The molecule has 2 heterocycles. The molecule has 164 valence electrons. The van der Waals surface area contributed by atoms with Crippen LogP contribution in [0.1, 0.15) is 41.3 Å². The third-order valence-corrected chi connectivity index (χ3v) is 5.90. The van der Waals surface area contributed by atoms with E-state index >= 15 is 0 Å². The molecule has 0 bridgehead atoms. The van der Waals surface area contributed by atoms with Crippen molar-refractivity contribution in [2.45, 2.75) is 38.7 Å². The third-order valence-electron chi connectivity index (χ3n) is 4.36. The molecule has 0 aliphatic carbocycles. The van der Waals surface area contributed by atoms with Gasteiger partial charge < -0.3 is 14.3 Å². The SMILES string of the molecule is CC(C)NS(=O)(=O)Cc1ccc(CNC(=O)c2ccc(Cn3ccccc3=O)o2)cc1. The molecule has 8 nitrogen and oxygen atoms in total. The van der Waals surface area contributed by atoms with Crippen LogP contribution in [0.15, 0.2) is 70.0 Å². The standard InChI is InChI=1S/C22H25N3O5S/c1-16(2)24-31(28,29)15-18-8-6-17(7-9-18)13-23-22(27)20-11-10-19(30-20)14-25-12-4-3-5-21(25)26/h3-12,16,24H,13-15H2,1-2H3,(H,23,27). The monoisotopic (exact) mass is 443 g/mol. The number of pyridine rings is 1. The number of rotatable bonds is 9. The van der Waals surface area contributed by atoms with Gasteiger partial charge in [-0.2, -0.15) is 0 Å². The van der Waals surface area contributed by atoms with Gasteiger partial charge in [0.1, 0.15) is 5.76 Å². The van der Waals surface area contributed by atoms with Crippen molar-refractivity contribution in [3.63, 3.8) is 0 Å². The molecule has 0 atom stereocenters. The quantitative estimate of drug-likeness (QED) is 0.527.